The lowest BCUT2D eigenvalue weighted by Crippen LogP contribution is -2.40. The normalized spacial score (nSPS) is 19.8. The molecule has 1 aromatic carbocycles. The average Bonchev–Trinajstić information content (AvgIpc) is 2.15. The van der Waals surface area contributed by atoms with Gasteiger partial charge in [-0.1, -0.05) is 31.5 Å². The van der Waals surface area contributed by atoms with E-state index in [1.807, 2.05) is 18.2 Å². The molecule has 0 atom stereocenters. The monoisotopic (exact) mass is 238 g/mol. The predicted octanol–water partition coefficient (Wildman–Crippen LogP) is 3.55. The Morgan fingerprint density at radius 2 is 2.12 bits per heavy atom. The molecular formula is C13H19ClN2. The molecule has 0 aromatic heterocycles. The molecule has 0 spiro atoms. The van der Waals surface area contributed by atoms with Crippen molar-refractivity contribution in [3.63, 3.8) is 0 Å². The highest BCUT2D eigenvalue weighted by atomic mass is 35.5. The van der Waals surface area contributed by atoms with Crippen LogP contribution in [0.5, 0.6) is 0 Å². The molecule has 2 rings (SSSR count). The first-order valence-electron chi connectivity index (χ1n) is 5.78. The van der Waals surface area contributed by atoms with Gasteiger partial charge in [-0.05, 0) is 30.4 Å². The van der Waals surface area contributed by atoms with E-state index >= 15 is 0 Å². The summed E-state index contributed by atoms with van der Waals surface area (Å²) in [7, 11) is 0. The van der Waals surface area contributed by atoms with E-state index in [1.165, 1.54) is 12.8 Å². The number of hydrogen-bond donors (Lipinski definition) is 1. The van der Waals surface area contributed by atoms with Gasteiger partial charge < -0.3 is 10.6 Å². The molecule has 88 valence electrons. The van der Waals surface area contributed by atoms with Gasteiger partial charge >= 0.3 is 0 Å². The van der Waals surface area contributed by atoms with Crippen LogP contribution in [0.15, 0.2) is 18.2 Å². The van der Waals surface area contributed by atoms with Crippen LogP contribution in [0.3, 0.4) is 0 Å². The van der Waals surface area contributed by atoms with Gasteiger partial charge in [0.25, 0.3) is 0 Å². The first kappa shape index (κ1) is 11.6. The quantitative estimate of drug-likeness (QED) is 0.759. The molecule has 1 aliphatic heterocycles. The Balaban J connectivity index is 2.30. The van der Waals surface area contributed by atoms with Crippen LogP contribution >= 0.6 is 11.6 Å². The van der Waals surface area contributed by atoms with Crippen LogP contribution in [-0.4, -0.2) is 13.1 Å². The molecule has 16 heavy (non-hydrogen) atoms. The van der Waals surface area contributed by atoms with Gasteiger partial charge in [0.1, 0.15) is 0 Å². The van der Waals surface area contributed by atoms with E-state index < -0.39 is 0 Å². The van der Waals surface area contributed by atoms with Crippen molar-refractivity contribution in [3.05, 3.63) is 23.2 Å². The van der Waals surface area contributed by atoms with Crippen LogP contribution in [0.2, 0.25) is 5.02 Å². The number of nitrogens with two attached hydrogens (primary N) is 1. The van der Waals surface area contributed by atoms with Gasteiger partial charge in [-0.3, -0.25) is 0 Å². The van der Waals surface area contributed by atoms with E-state index in [4.69, 9.17) is 17.3 Å². The number of piperidine rings is 1. The maximum Gasteiger partial charge on any atom is 0.0789 e. The molecule has 0 saturated carbocycles. The van der Waals surface area contributed by atoms with Crippen LogP contribution in [0.25, 0.3) is 0 Å². The molecular weight excluding hydrogens is 220 g/mol. The SMILES string of the molecule is CC1(C)CCCN(c2c(N)cccc2Cl)C1. The Morgan fingerprint density at radius 3 is 2.75 bits per heavy atom. The van der Waals surface area contributed by atoms with Crippen LogP contribution in [0.1, 0.15) is 26.7 Å². The number of anilines is 2. The highest BCUT2D eigenvalue weighted by Crippen LogP contribution is 2.37. The van der Waals surface area contributed by atoms with Crippen molar-refractivity contribution < 1.29 is 0 Å². The van der Waals surface area contributed by atoms with Crippen LogP contribution in [-0.2, 0) is 0 Å². The summed E-state index contributed by atoms with van der Waals surface area (Å²) in [4.78, 5) is 2.32. The fraction of sp³-hybridized carbons (Fsp3) is 0.538. The number of para-hydroxylation sites is 1. The van der Waals surface area contributed by atoms with Crippen molar-refractivity contribution in [1.29, 1.82) is 0 Å². The number of hydrogen-bond acceptors (Lipinski definition) is 2. The fourth-order valence-corrected chi connectivity index (χ4v) is 2.78. The zero-order valence-electron chi connectivity index (χ0n) is 9.96. The van der Waals surface area contributed by atoms with E-state index in [0.29, 0.717) is 5.41 Å². The topological polar surface area (TPSA) is 29.3 Å². The van der Waals surface area contributed by atoms with Gasteiger partial charge in [0.15, 0.2) is 0 Å². The third kappa shape index (κ3) is 2.27. The Hall–Kier alpha value is -0.890. The molecule has 0 unspecified atom stereocenters. The van der Waals surface area contributed by atoms with E-state index in [0.717, 1.165) is 29.5 Å². The average molecular weight is 239 g/mol. The lowest BCUT2D eigenvalue weighted by atomic mass is 9.84. The fourth-order valence-electron chi connectivity index (χ4n) is 2.48. The second-order valence-corrected chi connectivity index (χ2v) is 5.77. The minimum Gasteiger partial charge on any atom is -0.397 e. The molecule has 2 N–H and O–H groups in total. The van der Waals surface area contributed by atoms with Crippen molar-refractivity contribution >= 4 is 23.0 Å². The third-order valence-electron chi connectivity index (χ3n) is 3.23. The second-order valence-electron chi connectivity index (χ2n) is 5.37. The Kier molecular flexibility index (Phi) is 3.02. The highest BCUT2D eigenvalue weighted by Gasteiger charge is 2.28. The summed E-state index contributed by atoms with van der Waals surface area (Å²) in [5.74, 6) is 0. The van der Waals surface area contributed by atoms with Crippen molar-refractivity contribution in [1.82, 2.24) is 0 Å². The molecule has 3 heteroatoms. The molecule has 2 nitrogen and oxygen atoms in total. The minimum absolute atomic E-state index is 0.351. The molecule has 1 aromatic rings. The smallest absolute Gasteiger partial charge is 0.0789 e. The first-order valence-corrected chi connectivity index (χ1v) is 6.16. The Labute approximate surface area is 102 Å². The van der Waals surface area contributed by atoms with E-state index in [-0.39, 0.29) is 0 Å². The summed E-state index contributed by atoms with van der Waals surface area (Å²) >= 11 is 6.23. The Morgan fingerprint density at radius 1 is 1.38 bits per heavy atom. The van der Waals surface area contributed by atoms with Gasteiger partial charge in [-0.15, -0.1) is 0 Å². The van der Waals surface area contributed by atoms with Crippen molar-refractivity contribution in [2.75, 3.05) is 23.7 Å². The predicted molar refractivity (Wildman–Crippen MR) is 71.1 cm³/mol. The number of nitrogens with zero attached hydrogens (tertiary/aromatic N) is 1. The molecule has 0 amide bonds. The maximum atomic E-state index is 6.23. The molecule has 0 radical (unpaired) electrons. The second kappa shape index (κ2) is 4.17. The van der Waals surface area contributed by atoms with Gasteiger partial charge in [0, 0.05) is 13.1 Å². The number of benzene rings is 1. The Bertz CT molecular complexity index is 367. The van der Waals surface area contributed by atoms with E-state index in [2.05, 4.69) is 18.7 Å². The zero-order valence-corrected chi connectivity index (χ0v) is 10.7. The summed E-state index contributed by atoms with van der Waals surface area (Å²) in [5.41, 5.74) is 8.16. The van der Waals surface area contributed by atoms with Gasteiger partial charge in [-0.2, -0.15) is 0 Å². The molecule has 1 saturated heterocycles. The minimum atomic E-state index is 0.351. The molecule has 1 heterocycles. The van der Waals surface area contributed by atoms with Crippen molar-refractivity contribution in [2.45, 2.75) is 26.7 Å². The molecule has 1 aliphatic rings. The molecule has 0 aliphatic carbocycles. The highest BCUT2D eigenvalue weighted by molar-refractivity contribution is 6.34. The third-order valence-corrected chi connectivity index (χ3v) is 3.54. The van der Waals surface area contributed by atoms with E-state index in [1.54, 1.807) is 0 Å². The molecule has 1 fully saturated rings. The standard InChI is InChI=1S/C13H19ClN2/c1-13(2)7-4-8-16(9-13)12-10(14)5-3-6-11(12)15/h3,5-6H,4,7-9,15H2,1-2H3. The maximum absolute atomic E-state index is 6.23. The summed E-state index contributed by atoms with van der Waals surface area (Å²) in [6.07, 6.45) is 2.48. The summed E-state index contributed by atoms with van der Waals surface area (Å²) < 4.78 is 0. The van der Waals surface area contributed by atoms with Gasteiger partial charge in [0.05, 0.1) is 16.4 Å². The van der Waals surface area contributed by atoms with Crippen molar-refractivity contribution in [2.24, 2.45) is 5.41 Å². The summed E-state index contributed by atoms with van der Waals surface area (Å²) in [5, 5.41) is 0.762. The van der Waals surface area contributed by atoms with Crippen LogP contribution in [0, 0.1) is 5.41 Å². The number of nitrogen functional groups attached to an aromatic ring is 1. The number of rotatable bonds is 1. The summed E-state index contributed by atoms with van der Waals surface area (Å²) in [6.45, 7) is 6.68. The zero-order chi connectivity index (χ0) is 11.8. The summed E-state index contributed by atoms with van der Waals surface area (Å²) in [6, 6.07) is 5.73. The van der Waals surface area contributed by atoms with E-state index in [9.17, 15) is 0 Å². The lowest BCUT2D eigenvalue weighted by molar-refractivity contribution is 0.293. The van der Waals surface area contributed by atoms with Gasteiger partial charge in [-0.25, -0.2) is 0 Å². The van der Waals surface area contributed by atoms with Crippen LogP contribution in [0.4, 0.5) is 11.4 Å². The van der Waals surface area contributed by atoms with Crippen LogP contribution < -0.4 is 10.6 Å². The van der Waals surface area contributed by atoms with Crippen molar-refractivity contribution in [3.8, 4) is 0 Å². The van der Waals surface area contributed by atoms with Gasteiger partial charge in [0.2, 0.25) is 0 Å². The number of halogens is 1. The largest absolute Gasteiger partial charge is 0.397 e. The first-order chi connectivity index (χ1) is 7.49. The lowest BCUT2D eigenvalue weighted by Gasteiger charge is -2.40. The molecule has 0 bridgehead atoms.